The van der Waals surface area contributed by atoms with E-state index in [1.165, 1.54) is 11.1 Å². The summed E-state index contributed by atoms with van der Waals surface area (Å²) in [5.74, 6) is 0.327. The van der Waals surface area contributed by atoms with Gasteiger partial charge in [0.05, 0.1) is 5.39 Å². The smallest absolute Gasteiger partial charge is 0.407 e. The van der Waals surface area contributed by atoms with Crippen molar-refractivity contribution in [1.82, 2.24) is 14.5 Å². The Morgan fingerprint density at radius 2 is 2.18 bits per heavy atom. The molecule has 1 saturated carbocycles. The Morgan fingerprint density at radius 1 is 1.45 bits per heavy atom. The van der Waals surface area contributed by atoms with Gasteiger partial charge in [0.25, 0.3) is 0 Å². The van der Waals surface area contributed by atoms with E-state index in [4.69, 9.17) is 5.11 Å². The van der Waals surface area contributed by atoms with E-state index in [2.05, 4.69) is 4.98 Å². The Kier molecular flexibility index (Phi) is 2.74. The molecule has 2 fully saturated rings. The lowest BCUT2D eigenvalue weighted by atomic mass is 9.57. The fourth-order valence-electron chi connectivity index (χ4n) is 4.12. The van der Waals surface area contributed by atoms with Crippen molar-refractivity contribution in [2.45, 2.75) is 19.3 Å². The Bertz CT molecular complexity index is 756. The molecule has 0 bridgehead atoms. The zero-order valence-electron chi connectivity index (χ0n) is 12.4. The van der Waals surface area contributed by atoms with Crippen LogP contribution in [0.25, 0.3) is 11.0 Å². The number of likely N-dealkylation sites (tertiary alicyclic amines) is 1. The summed E-state index contributed by atoms with van der Waals surface area (Å²) in [4.78, 5) is 16.9. The SMILES string of the molecule is Cn1cc(F)c2ccc(CC3CC4(C3)CN(C(=O)O)C4)nc21. The minimum absolute atomic E-state index is 0.226. The van der Waals surface area contributed by atoms with Gasteiger partial charge in [0.2, 0.25) is 0 Å². The first-order valence-electron chi connectivity index (χ1n) is 7.54. The van der Waals surface area contributed by atoms with Crippen molar-refractivity contribution in [3.05, 3.63) is 29.8 Å². The van der Waals surface area contributed by atoms with Gasteiger partial charge in [0.15, 0.2) is 0 Å². The van der Waals surface area contributed by atoms with Crippen LogP contribution in [0.3, 0.4) is 0 Å². The topological polar surface area (TPSA) is 58.4 Å². The third-order valence-corrected chi connectivity index (χ3v) is 5.10. The summed E-state index contributed by atoms with van der Waals surface area (Å²) >= 11 is 0. The molecule has 2 aromatic rings. The van der Waals surface area contributed by atoms with E-state index in [1.807, 2.05) is 6.07 Å². The van der Waals surface area contributed by atoms with Gasteiger partial charge in [0, 0.05) is 37.4 Å². The van der Waals surface area contributed by atoms with Gasteiger partial charge in [-0.25, -0.2) is 14.2 Å². The standard InChI is InChI=1S/C16H18FN3O2/c1-19-7-13(17)12-3-2-11(18-14(12)19)4-10-5-16(6-10)8-20(9-16)15(21)22/h2-3,7,10H,4-6,8-9H2,1H3,(H,21,22). The zero-order valence-corrected chi connectivity index (χ0v) is 12.4. The maximum atomic E-state index is 13.6. The Hall–Kier alpha value is -2.11. The number of hydrogen-bond acceptors (Lipinski definition) is 2. The van der Waals surface area contributed by atoms with Crippen LogP contribution in [0.5, 0.6) is 0 Å². The lowest BCUT2D eigenvalue weighted by molar-refractivity contribution is -0.0795. The molecule has 0 radical (unpaired) electrons. The van der Waals surface area contributed by atoms with E-state index in [0.29, 0.717) is 30.0 Å². The van der Waals surface area contributed by atoms with Gasteiger partial charge >= 0.3 is 6.09 Å². The summed E-state index contributed by atoms with van der Waals surface area (Å²) in [6, 6.07) is 3.71. The van der Waals surface area contributed by atoms with E-state index in [1.54, 1.807) is 17.7 Å². The highest BCUT2D eigenvalue weighted by atomic mass is 19.1. The van der Waals surface area contributed by atoms with Crippen LogP contribution in [-0.4, -0.2) is 38.7 Å². The van der Waals surface area contributed by atoms with Crippen molar-refractivity contribution in [3.8, 4) is 0 Å². The summed E-state index contributed by atoms with van der Waals surface area (Å²) in [6.45, 7) is 1.35. The van der Waals surface area contributed by atoms with Crippen molar-refractivity contribution >= 4 is 17.1 Å². The highest BCUT2D eigenvalue weighted by Crippen LogP contribution is 2.52. The molecule has 1 N–H and O–H groups in total. The molecule has 22 heavy (non-hydrogen) atoms. The summed E-state index contributed by atoms with van der Waals surface area (Å²) in [5.41, 5.74) is 1.90. The number of aryl methyl sites for hydroxylation is 1. The normalized spacial score (nSPS) is 20.2. The van der Waals surface area contributed by atoms with Gasteiger partial charge in [-0.2, -0.15) is 0 Å². The maximum absolute atomic E-state index is 13.6. The van der Waals surface area contributed by atoms with Gasteiger partial charge in [-0.05, 0) is 37.3 Å². The van der Waals surface area contributed by atoms with Crippen LogP contribution in [0.15, 0.2) is 18.3 Å². The first kappa shape index (κ1) is 13.5. The Labute approximate surface area is 127 Å². The predicted molar refractivity (Wildman–Crippen MR) is 79.1 cm³/mol. The molecule has 0 aromatic carbocycles. The maximum Gasteiger partial charge on any atom is 0.407 e. The average molecular weight is 303 g/mol. The number of aromatic nitrogens is 2. The highest BCUT2D eigenvalue weighted by molar-refractivity contribution is 5.77. The first-order valence-corrected chi connectivity index (χ1v) is 7.54. The molecule has 1 aliphatic heterocycles. The van der Waals surface area contributed by atoms with Gasteiger partial charge in [-0.1, -0.05) is 0 Å². The second-order valence-corrected chi connectivity index (χ2v) is 6.88. The molecule has 6 heteroatoms. The molecule has 2 aliphatic rings. The first-order chi connectivity index (χ1) is 10.5. The van der Waals surface area contributed by atoms with Gasteiger partial charge in [-0.15, -0.1) is 0 Å². The molecule has 0 unspecified atom stereocenters. The molecule has 1 saturated heterocycles. The van der Waals surface area contributed by atoms with Crippen LogP contribution >= 0.6 is 0 Å². The predicted octanol–water partition coefficient (Wildman–Crippen LogP) is 2.64. The number of pyridine rings is 1. The second-order valence-electron chi connectivity index (χ2n) is 6.88. The number of hydrogen-bond donors (Lipinski definition) is 1. The number of amides is 1. The minimum atomic E-state index is -0.813. The van der Waals surface area contributed by atoms with Crippen molar-refractivity contribution < 1.29 is 14.3 Å². The number of carbonyl (C=O) groups is 1. The van der Waals surface area contributed by atoms with Gasteiger partial charge in [-0.3, -0.25) is 0 Å². The van der Waals surface area contributed by atoms with Crippen LogP contribution in [0, 0.1) is 17.2 Å². The molecule has 4 rings (SSSR count). The zero-order chi connectivity index (χ0) is 15.5. The molecule has 0 atom stereocenters. The quantitative estimate of drug-likeness (QED) is 0.928. The number of fused-ring (bicyclic) bond motifs is 1. The van der Waals surface area contributed by atoms with Crippen LogP contribution < -0.4 is 0 Å². The summed E-state index contributed by atoms with van der Waals surface area (Å²) in [5, 5.41) is 9.46. The van der Waals surface area contributed by atoms with Crippen molar-refractivity contribution in [2.75, 3.05) is 13.1 Å². The van der Waals surface area contributed by atoms with E-state index in [0.717, 1.165) is 25.0 Å². The summed E-state index contributed by atoms with van der Waals surface area (Å²) < 4.78 is 15.3. The minimum Gasteiger partial charge on any atom is -0.465 e. The van der Waals surface area contributed by atoms with Crippen molar-refractivity contribution in [1.29, 1.82) is 0 Å². The fraction of sp³-hybridized carbons (Fsp3) is 0.500. The molecular weight excluding hydrogens is 285 g/mol. The molecule has 116 valence electrons. The molecular formula is C16H18FN3O2. The third kappa shape index (κ3) is 1.97. The Balaban J connectivity index is 1.41. The molecule has 5 nitrogen and oxygen atoms in total. The molecule has 1 spiro atoms. The van der Waals surface area contributed by atoms with E-state index >= 15 is 0 Å². The number of carboxylic acid groups (broad SMARTS) is 1. The van der Waals surface area contributed by atoms with Crippen molar-refractivity contribution in [3.63, 3.8) is 0 Å². The van der Waals surface area contributed by atoms with Gasteiger partial charge in [0.1, 0.15) is 11.5 Å². The second kappa shape index (κ2) is 4.44. The van der Waals surface area contributed by atoms with Crippen LogP contribution in [0.4, 0.5) is 9.18 Å². The summed E-state index contributed by atoms with van der Waals surface area (Å²) in [6.07, 6.45) is 3.66. The van der Waals surface area contributed by atoms with E-state index in [-0.39, 0.29) is 11.2 Å². The summed E-state index contributed by atoms with van der Waals surface area (Å²) in [7, 11) is 1.80. The number of nitrogens with zero attached hydrogens (tertiary/aromatic N) is 3. The highest BCUT2D eigenvalue weighted by Gasteiger charge is 2.53. The lowest BCUT2D eigenvalue weighted by Gasteiger charge is -2.58. The lowest BCUT2D eigenvalue weighted by Crippen LogP contribution is -2.63. The molecule has 3 heterocycles. The number of halogens is 1. The molecule has 1 amide bonds. The van der Waals surface area contributed by atoms with Crippen LogP contribution in [0.1, 0.15) is 18.5 Å². The van der Waals surface area contributed by atoms with Crippen LogP contribution in [-0.2, 0) is 13.5 Å². The fourth-order valence-corrected chi connectivity index (χ4v) is 4.12. The van der Waals surface area contributed by atoms with E-state index < -0.39 is 6.09 Å². The van der Waals surface area contributed by atoms with Crippen molar-refractivity contribution in [2.24, 2.45) is 18.4 Å². The molecule has 2 aromatic heterocycles. The number of rotatable bonds is 2. The third-order valence-electron chi connectivity index (χ3n) is 5.10. The van der Waals surface area contributed by atoms with E-state index in [9.17, 15) is 9.18 Å². The van der Waals surface area contributed by atoms with Gasteiger partial charge < -0.3 is 14.6 Å². The van der Waals surface area contributed by atoms with Crippen LogP contribution in [0.2, 0.25) is 0 Å². The monoisotopic (exact) mass is 303 g/mol. The largest absolute Gasteiger partial charge is 0.465 e. The Morgan fingerprint density at radius 3 is 2.86 bits per heavy atom. The average Bonchev–Trinajstić information content (AvgIpc) is 2.65. The molecule has 1 aliphatic carbocycles.